The van der Waals surface area contributed by atoms with Crippen LogP contribution in [-0.2, 0) is 4.74 Å². The van der Waals surface area contributed by atoms with Gasteiger partial charge in [-0.1, -0.05) is 5.21 Å². The van der Waals surface area contributed by atoms with Crippen molar-refractivity contribution in [3.63, 3.8) is 0 Å². The summed E-state index contributed by atoms with van der Waals surface area (Å²) >= 11 is 0. The number of rotatable bonds is 6. The van der Waals surface area contributed by atoms with Crippen LogP contribution in [-0.4, -0.2) is 47.1 Å². The largest absolute Gasteiger partial charge is 0.497 e. The van der Waals surface area contributed by atoms with E-state index in [0.29, 0.717) is 18.1 Å². The summed E-state index contributed by atoms with van der Waals surface area (Å²) in [5.74, 6) is 1.23. The van der Waals surface area contributed by atoms with Crippen LogP contribution in [0.2, 0.25) is 0 Å². The highest BCUT2D eigenvalue weighted by Crippen LogP contribution is 2.22. The molecular weight excluding hydrogens is 296 g/mol. The number of hydrogen-bond acceptors (Lipinski definition) is 6. The highest BCUT2D eigenvalue weighted by molar-refractivity contribution is 5.96. The second-order valence-corrected chi connectivity index (χ2v) is 5.47. The Morgan fingerprint density at radius 1 is 1.43 bits per heavy atom. The third kappa shape index (κ3) is 3.34. The molecule has 0 spiro atoms. The smallest absolute Gasteiger partial charge is 0.183 e. The maximum Gasteiger partial charge on any atom is 0.183 e. The lowest BCUT2D eigenvalue weighted by Crippen LogP contribution is -2.21. The van der Waals surface area contributed by atoms with Gasteiger partial charge < -0.3 is 14.8 Å². The summed E-state index contributed by atoms with van der Waals surface area (Å²) in [6.45, 7) is 2.91. The van der Waals surface area contributed by atoms with Gasteiger partial charge in [-0.15, -0.1) is 5.10 Å². The summed E-state index contributed by atoms with van der Waals surface area (Å²) in [6, 6.07) is 7.42. The number of carbonyl (C=O) groups excluding carboxylic acids is 1. The molecule has 1 atom stereocenters. The molecule has 0 unspecified atom stereocenters. The van der Waals surface area contributed by atoms with Crippen molar-refractivity contribution in [3.8, 4) is 11.4 Å². The second-order valence-electron chi connectivity index (χ2n) is 5.47. The van der Waals surface area contributed by atoms with Crippen molar-refractivity contribution in [2.24, 2.45) is 0 Å². The number of hydrogen-bond donors (Lipinski definition) is 1. The average Bonchev–Trinajstić information content (AvgIpc) is 3.22. The minimum Gasteiger partial charge on any atom is -0.497 e. The van der Waals surface area contributed by atoms with Gasteiger partial charge in [-0.3, -0.25) is 4.79 Å². The molecule has 1 aromatic carbocycles. The second kappa shape index (κ2) is 6.78. The van der Waals surface area contributed by atoms with E-state index in [4.69, 9.17) is 9.47 Å². The van der Waals surface area contributed by atoms with Crippen molar-refractivity contribution in [3.05, 3.63) is 30.0 Å². The quantitative estimate of drug-likeness (QED) is 0.822. The van der Waals surface area contributed by atoms with Crippen LogP contribution in [0.4, 0.5) is 5.82 Å². The first-order chi connectivity index (χ1) is 11.2. The Labute approximate surface area is 134 Å². The molecule has 1 saturated heterocycles. The summed E-state index contributed by atoms with van der Waals surface area (Å²) in [5.41, 5.74) is 1.14. The maximum atomic E-state index is 11.8. The van der Waals surface area contributed by atoms with Crippen LogP contribution in [0.25, 0.3) is 5.69 Å². The van der Waals surface area contributed by atoms with Crippen LogP contribution in [0.5, 0.6) is 5.75 Å². The maximum absolute atomic E-state index is 11.8. The van der Waals surface area contributed by atoms with Gasteiger partial charge in [0.05, 0.1) is 18.9 Å². The van der Waals surface area contributed by atoms with E-state index >= 15 is 0 Å². The fourth-order valence-corrected chi connectivity index (χ4v) is 2.60. The van der Waals surface area contributed by atoms with Gasteiger partial charge in [0.15, 0.2) is 17.3 Å². The van der Waals surface area contributed by atoms with Gasteiger partial charge in [-0.05, 0) is 37.1 Å². The summed E-state index contributed by atoms with van der Waals surface area (Å²) in [5, 5.41) is 11.4. The minimum atomic E-state index is -0.125. The Bertz CT molecular complexity index is 675. The van der Waals surface area contributed by atoms with E-state index in [1.165, 1.54) is 6.92 Å². The molecule has 1 aromatic heterocycles. The molecule has 2 heterocycles. The SMILES string of the molecule is COc1ccc(-n2nnc(C(C)=O)c2NC[C@H]2CCCO2)cc1. The van der Waals surface area contributed by atoms with E-state index in [9.17, 15) is 4.79 Å². The first-order valence-corrected chi connectivity index (χ1v) is 7.65. The van der Waals surface area contributed by atoms with Crippen molar-refractivity contribution >= 4 is 11.6 Å². The molecule has 0 bridgehead atoms. The molecule has 3 rings (SSSR count). The van der Waals surface area contributed by atoms with Crippen molar-refractivity contribution in [1.29, 1.82) is 0 Å². The lowest BCUT2D eigenvalue weighted by Gasteiger charge is -2.14. The van der Waals surface area contributed by atoms with Crippen LogP contribution in [0, 0.1) is 0 Å². The van der Waals surface area contributed by atoms with E-state index in [1.54, 1.807) is 11.8 Å². The number of carbonyl (C=O) groups is 1. The summed E-state index contributed by atoms with van der Waals surface area (Å²) in [4.78, 5) is 11.8. The molecule has 1 aliphatic heterocycles. The van der Waals surface area contributed by atoms with Gasteiger partial charge in [-0.2, -0.15) is 4.68 Å². The topological polar surface area (TPSA) is 78.3 Å². The molecule has 23 heavy (non-hydrogen) atoms. The fourth-order valence-electron chi connectivity index (χ4n) is 2.60. The zero-order chi connectivity index (χ0) is 16.2. The van der Waals surface area contributed by atoms with Gasteiger partial charge in [0.1, 0.15) is 5.75 Å². The molecule has 7 nitrogen and oxygen atoms in total. The third-order valence-electron chi connectivity index (χ3n) is 3.84. The molecule has 7 heteroatoms. The zero-order valence-corrected chi connectivity index (χ0v) is 13.3. The van der Waals surface area contributed by atoms with Crippen molar-refractivity contribution in [2.45, 2.75) is 25.9 Å². The molecular formula is C16H20N4O3. The predicted molar refractivity (Wildman–Crippen MR) is 85.4 cm³/mol. The zero-order valence-electron chi connectivity index (χ0n) is 13.3. The van der Waals surface area contributed by atoms with Crippen molar-refractivity contribution in [1.82, 2.24) is 15.0 Å². The van der Waals surface area contributed by atoms with Crippen LogP contribution >= 0.6 is 0 Å². The molecule has 122 valence electrons. The number of anilines is 1. The van der Waals surface area contributed by atoms with Gasteiger partial charge in [0.2, 0.25) is 0 Å². The normalized spacial score (nSPS) is 17.2. The number of ether oxygens (including phenoxy) is 2. The van der Waals surface area contributed by atoms with Crippen LogP contribution in [0.15, 0.2) is 24.3 Å². The lowest BCUT2D eigenvalue weighted by molar-refractivity contribution is 0.101. The summed E-state index contributed by atoms with van der Waals surface area (Å²) in [7, 11) is 1.62. The molecule has 1 N–H and O–H groups in total. The highest BCUT2D eigenvalue weighted by atomic mass is 16.5. The molecule has 0 amide bonds. The van der Waals surface area contributed by atoms with Crippen LogP contribution in [0.1, 0.15) is 30.3 Å². The molecule has 0 saturated carbocycles. The number of Topliss-reactive ketones (excluding diaryl/α,β-unsaturated/α-hetero) is 1. The molecule has 1 aliphatic rings. The molecule has 0 aliphatic carbocycles. The molecule has 2 aromatic rings. The summed E-state index contributed by atoms with van der Waals surface area (Å²) in [6.07, 6.45) is 2.25. The Hall–Kier alpha value is -2.41. The number of nitrogens with one attached hydrogen (secondary N) is 1. The van der Waals surface area contributed by atoms with Gasteiger partial charge in [0.25, 0.3) is 0 Å². The van der Waals surface area contributed by atoms with Crippen molar-refractivity contribution < 1.29 is 14.3 Å². The van der Waals surface area contributed by atoms with Gasteiger partial charge >= 0.3 is 0 Å². The van der Waals surface area contributed by atoms with E-state index < -0.39 is 0 Å². The van der Waals surface area contributed by atoms with Crippen LogP contribution < -0.4 is 10.1 Å². The number of methoxy groups -OCH3 is 1. The van der Waals surface area contributed by atoms with E-state index in [2.05, 4.69) is 15.6 Å². The monoisotopic (exact) mass is 316 g/mol. The van der Waals surface area contributed by atoms with Crippen LogP contribution in [0.3, 0.4) is 0 Å². The minimum absolute atomic E-state index is 0.125. The number of nitrogens with zero attached hydrogens (tertiary/aromatic N) is 3. The molecule has 1 fully saturated rings. The molecule has 0 radical (unpaired) electrons. The lowest BCUT2D eigenvalue weighted by atomic mass is 10.2. The van der Waals surface area contributed by atoms with Gasteiger partial charge in [0, 0.05) is 20.1 Å². The Morgan fingerprint density at radius 2 is 2.22 bits per heavy atom. The highest BCUT2D eigenvalue weighted by Gasteiger charge is 2.21. The Morgan fingerprint density at radius 3 is 2.83 bits per heavy atom. The Kier molecular flexibility index (Phi) is 4.57. The van der Waals surface area contributed by atoms with Gasteiger partial charge in [-0.25, -0.2) is 0 Å². The predicted octanol–water partition coefficient (Wildman–Crippen LogP) is 2.07. The number of benzene rings is 1. The van der Waals surface area contributed by atoms with E-state index in [-0.39, 0.29) is 11.9 Å². The third-order valence-corrected chi connectivity index (χ3v) is 3.84. The Balaban J connectivity index is 1.87. The summed E-state index contributed by atoms with van der Waals surface area (Å²) < 4.78 is 12.4. The number of ketones is 1. The van der Waals surface area contributed by atoms with E-state index in [1.807, 2.05) is 24.3 Å². The average molecular weight is 316 g/mol. The first kappa shape index (κ1) is 15.5. The van der Waals surface area contributed by atoms with E-state index in [0.717, 1.165) is 30.9 Å². The standard InChI is InChI=1S/C16H20N4O3/c1-11(21)15-16(17-10-14-4-3-9-23-14)20(19-18-15)12-5-7-13(22-2)8-6-12/h5-8,14,17H,3-4,9-10H2,1-2H3/t14-/m1/s1. The fraction of sp³-hybridized carbons (Fsp3) is 0.438. The van der Waals surface area contributed by atoms with Crippen molar-refractivity contribution in [2.75, 3.05) is 25.6 Å². The number of aromatic nitrogens is 3. The first-order valence-electron chi connectivity index (χ1n) is 7.65.